The molecule has 1 aromatic heterocycles. The molecule has 2 rings (SSSR count). The number of aryl methyl sites for hydroxylation is 1. The molecule has 0 saturated heterocycles. The molecule has 0 radical (unpaired) electrons. The van der Waals surface area contributed by atoms with Crippen LogP contribution in [0.25, 0.3) is 0 Å². The van der Waals surface area contributed by atoms with Crippen molar-refractivity contribution in [3.63, 3.8) is 0 Å². The average molecular weight is 243 g/mol. The van der Waals surface area contributed by atoms with Crippen molar-refractivity contribution in [1.29, 1.82) is 0 Å². The standard InChI is InChI=1S/C11H19ClN4/c1-2-6-16-11(13-9-14-16)8-15(7-5-12)10-3-4-10/h9-10H,2-8H2,1H3. The van der Waals surface area contributed by atoms with Gasteiger partial charge in [-0.25, -0.2) is 9.67 Å². The molecule has 0 atom stereocenters. The molecule has 5 heteroatoms. The Morgan fingerprint density at radius 2 is 2.38 bits per heavy atom. The van der Waals surface area contributed by atoms with E-state index >= 15 is 0 Å². The Labute approximate surface area is 102 Å². The highest BCUT2D eigenvalue weighted by Crippen LogP contribution is 2.27. The number of aromatic nitrogens is 3. The van der Waals surface area contributed by atoms with Crippen LogP contribution in [0.3, 0.4) is 0 Å². The van der Waals surface area contributed by atoms with Crippen LogP contribution in [0.1, 0.15) is 32.0 Å². The van der Waals surface area contributed by atoms with Gasteiger partial charge >= 0.3 is 0 Å². The second-order valence-corrected chi connectivity index (χ2v) is 4.67. The lowest BCUT2D eigenvalue weighted by Gasteiger charge is -2.20. The van der Waals surface area contributed by atoms with E-state index in [1.54, 1.807) is 6.33 Å². The van der Waals surface area contributed by atoms with E-state index in [-0.39, 0.29) is 0 Å². The Bertz CT molecular complexity index is 322. The lowest BCUT2D eigenvalue weighted by atomic mass is 10.4. The maximum absolute atomic E-state index is 5.82. The highest BCUT2D eigenvalue weighted by Gasteiger charge is 2.29. The summed E-state index contributed by atoms with van der Waals surface area (Å²) in [5.41, 5.74) is 0. The Hall–Kier alpha value is -0.610. The van der Waals surface area contributed by atoms with E-state index in [4.69, 9.17) is 11.6 Å². The number of hydrogen-bond donors (Lipinski definition) is 0. The molecule has 1 fully saturated rings. The third-order valence-corrected chi connectivity index (χ3v) is 3.08. The molecule has 1 aliphatic rings. The summed E-state index contributed by atoms with van der Waals surface area (Å²) in [4.78, 5) is 6.75. The van der Waals surface area contributed by atoms with Gasteiger partial charge in [0.1, 0.15) is 12.2 Å². The summed E-state index contributed by atoms with van der Waals surface area (Å²) in [6, 6.07) is 0.727. The van der Waals surface area contributed by atoms with Gasteiger partial charge in [0.2, 0.25) is 0 Å². The zero-order valence-corrected chi connectivity index (χ0v) is 10.5. The lowest BCUT2D eigenvalue weighted by Crippen LogP contribution is -2.29. The minimum atomic E-state index is 0.693. The van der Waals surface area contributed by atoms with Crippen LogP contribution in [0.5, 0.6) is 0 Å². The van der Waals surface area contributed by atoms with Gasteiger partial charge in [0, 0.05) is 25.0 Å². The van der Waals surface area contributed by atoms with Gasteiger partial charge in [0.15, 0.2) is 0 Å². The summed E-state index contributed by atoms with van der Waals surface area (Å²) in [7, 11) is 0. The quantitative estimate of drug-likeness (QED) is 0.685. The van der Waals surface area contributed by atoms with Gasteiger partial charge in [-0.15, -0.1) is 11.6 Å². The van der Waals surface area contributed by atoms with Gasteiger partial charge in [-0.05, 0) is 19.3 Å². The summed E-state index contributed by atoms with van der Waals surface area (Å²) in [6.45, 7) is 4.94. The van der Waals surface area contributed by atoms with Crippen LogP contribution in [0.15, 0.2) is 6.33 Å². The molecule has 0 aliphatic heterocycles. The van der Waals surface area contributed by atoms with Crippen LogP contribution in [-0.4, -0.2) is 38.1 Å². The van der Waals surface area contributed by atoms with Gasteiger partial charge in [0.05, 0.1) is 6.54 Å². The Kier molecular flexibility index (Phi) is 4.18. The first-order valence-electron chi connectivity index (χ1n) is 6.01. The van der Waals surface area contributed by atoms with Crippen molar-refractivity contribution in [2.24, 2.45) is 0 Å². The van der Waals surface area contributed by atoms with Crippen molar-refractivity contribution in [2.75, 3.05) is 12.4 Å². The highest BCUT2D eigenvalue weighted by atomic mass is 35.5. The molecule has 4 nitrogen and oxygen atoms in total. The first-order valence-corrected chi connectivity index (χ1v) is 6.55. The zero-order chi connectivity index (χ0) is 11.4. The number of rotatable bonds is 7. The maximum Gasteiger partial charge on any atom is 0.141 e. The van der Waals surface area contributed by atoms with Gasteiger partial charge in [-0.2, -0.15) is 5.10 Å². The molecule has 1 saturated carbocycles. The van der Waals surface area contributed by atoms with Gasteiger partial charge in [0.25, 0.3) is 0 Å². The normalized spacial score (nSPS) is 15.9. The van der Waals surface area contributed by atoms with Gasteiger partial charge in [-0.1, -0.05) is 6.92 Å². The Balaban J connectivity index is 1.97. The average Bonchev–Trinajstić information content (AvgIpc) is 3.03. The molecule has 0 amide bonds. The fourth-order valence-corrected chi connectivity index (χ4v) is 2.15. The van der Waals surface area contributed by atoms with Crippen LogP contribution in [0.2, 0.25) is 0 Å². The monoisotopic (exact) mass is 242 g/mol. The van der Waals surface area contributed by atoms with Crippen molar-refractivity contribution in [1.82, 2.24) is 19.7 Å². The smallest absolute Gasteiger partial charge is 0.141 e. The number of alkyl halides is 1. The summed E-state index contributed by atoms with van der Waals surface area (Å²) >= 11 is 5.82. The van der Waals surface area contributed by atoms with Gasteiger partial charge < -0.3 is 0 Å². The lowest BCUT2D eigenvalue weighted by molar-refractivity contribution is 0.258. The van der Waals surface area contributed by atoms with E-state index in [0.29, 0.717) is 5.88 Å². The minimum Gasteiger partial charge on any atom is -0.292 e. The molecule has 0 unspecified atom stereocenters. The van der Waals surface area contributed by atoms with Crippen LogP contribution in [-0.2, 0) is 13.1 Å². The fraction of sp³-hybridized carbons (Fsp3) is 0.818. The molecule has 0 spiro atoms. The number of hydrogen-bond acceptors (Lipinski definition) is 3. The molecular weight excluding hydrogens is 224 g/mol. The predicted octanol–water partition coefficient (Wildman–Crippen LogP) is 1.89. The van der Waals surface area contributed by atoms with Crippen molar-refractivity contribution in [3.8, 4) is 0 Å². The molecule has 0 N–H and O–H groups in total. The van der Waals surface area contributed by atoms with Crippen molar-refractivity contribution in [3.05, 3.63) is 12.2 Å². The van der Waals surface area contributed by atoms with E-state index in [2.05, 4.69) is 21.9 Å². The summed E-state index contributed by atoms with van der Waals surface area (Å²) in [5.74, 6) is 1.76. The van der Waals surface area contributed by atoms with Crippen LogP contribution >= 0.6 is 11.6 Å². The molecule has 0 aromatic carbocycles. The molecule has 1 heterocycles. The largest absolute Gasteiger partial charge is 0.292 e. The second-order valence-electron chi connectivity index (χ2n) is 4.29. The SMILES string of the molecule is CCCn1ncnc1CN(CCCl)C1CC1. The van der Waals surface area contributed by atoms with Gasteiger partial charge in [-0.3, -0.25) is 4.90 Å². The Morgan fingerprint density at radius 1 is 1.56 bits per heavy atom. The Morgan fingerprint density at radius 3 is 3.00 bits per heavy atom. The van der Waals surface area contributed by atoms with E-state index < -0.39 is 0 Å². The van der Waals surface area contributed by atoms with E-state index in [1.165, 1.54) is 12.8 Å². The van der Waals surface area contributed by atoms with E-state index in [1.807, 2.05) is 4.68 Å². The molecule has 90 valence electrons. The summed E-state index contributed by atoms with van der Waals surface area (Å²) in [6.07, 6.45) is 5.35. The minimum absolute atomic E-state index is 0.693. The van der Waals surface area contributed by atoms with Crippen molar-refractivity contribution < 1.29 is 0 Å². The van der Waals surface area contributed by atoms with Crippen LogP contribution in [0.4, 0.5) is 0 Å². The molecule has 1 aromatic rings. The highest BCUT2D eigenvalue weighted by molar-refractivity contribution is 6.18. The number of halogens is 1. The number of nitrogens with zero attached hydrogens (tertiary/aromatic N) is 4. The fourth-order valence-electron chi connectivity index (χ4n) is 1.93. The van der Waals surface area contributed by atoms with Crippen LogP contribution in [0, 0.1) is 0 Å². The third kappa shape index (κ3) is 2.95. The summed E-state index contributed by atoms with van der Waals surface area (Å²) < 4.78 is 2.00. The molecular formula is C11H19ClN4. The zero-order valence-electron chi connectivity index (χ0n) is 9.77. The third-order valence-electron chi connectivity index (χ3n) is 2.91. The second kappa shape index (κ2) is 5.64. The van der Waals surface area contributed by atoms with E-state index in [9.17, 15) is 0 Å². The molecule has 16 heavy (non-hydrogen) atoms. The molecule has 1 aliphatic carbocycles. The molecule has 0 bridgehead atoms. The van der Waals surface area contributed by atoms with Crippen LogP contribution < -0.4 is 0 Å². The first-order chi connectivity index (χ1) is 7.85. The predicted molar refractivity (Wildman–Crippen MR) is 64.5 cm³/mol. The maximum atomic E-state index is 5.82. The summed E-state index contributed by atoms with van der Waals surface area (Å²) in [5, 5.41) is 4.24. The van der Waals surface area contributed by atoms with Crippen molar-refractivity contribution >= 4 is 11.6 Å². The topological polar surface area (TPSA) is 34.0 Å². The van der Waals surface area contributed by atoms with E-state index in [0.717, 1.165) is 37.9 Å². The van der Waals surface area contributed by atoms with Crippen molar-refractivity contribution in [2.45, 2.75) is 45.3 Å². The first kappa shape index (κ1) is 11.9.